The van der Waals surface area contributed by atoms with E-state index in [1.54, 1.807) is 12.1 Å². The van der Waals surface area contributed by atoms with Crippen molar-refractivity contribution in [3.8, 4) is 0 Å². The maximum Gasteiger partial charge on any atom is 0.241 e. The van der Waals surface area contributed by atoms with Crippen LogP contribution < -0.4 is 10.5 Å². The minimum atomic E-state index is -3.46. The molecule has 0 aromatic heterocycles. The fourth-order valence-electron chi connectivity index (χ4n) is 2.68. The number of benzene rings is 1. The summed E-state index contributed by atoms with van der Waals surface area (Å²) in [5.41, 5.74) is 7.23. The Morgan fingerprint density at radius 1 is 1.32 bits per heavy atom. The zero-order valence-corrected chi connectivity index (χ0v) is 12.4. The molecular weight excluding hydrogens is 260 g/mol. The Balaban J connectivity index is 2.29. The van der Waals surface area contributed by atoms with Gasteiger partial charge in [-0.15, -0.1) is 0 Å². The van der Waals surface area contributed by atoms with Crippen LogP contribution in [0.25, 0.3) is 0 Å². The minimum Gasteiger partial charge on any atom is -0.326 e. The van der Waals surface area contributed by atoms with Gasteiger partial charge in [0.25, 0.3) is 0 Å². The number of hydrogen-bond donors (Lipinski definition) is 2. The highest BCUT2D eigenvalue weighted by molar-refractivity contribution is 7.89. The number of rotatable bonds is 4. The predicted octanol–water partition coefficient (Wildman–Crippen LogP) is 2.06. The van der Waals surface area contributed by atoms with Gasteiger partial charge in [-0.3, -0.25) is 0 Å². The molecule has 5 heteroatoms. The van der Waals surface area contributed by atoms with Gasteiger partial charge in [-0.2, -0.15) is 0 Å². The Labute approximate surface area is 115 Å². The number of nitrogens with one attached hydrogen (secondary N) is 1. The quantitative estimate of drug-likeness (QED) is 0.888. The fourth-order valence-corrected chi connectivity index (χ4v) is 4.19. The average Bonchev–Trinajstić information content (AvgIpc) is 2.75. The molecular formula is C14H22N2O2S. The fraction of sp³-hybridized carbons (Fsp3) is 0.571. The van der Waals surface area contributed by atoms with Gasteiger partial charge in [0.15, 0.2) is 0 Å². The third-order valence-electron chi connectivity index (χ3n) is 3.94. The van der Waals surface area contributed by atoms with E-state index in [0.717, 1.165) is 36.8 Å². The van der Waals surface area contributed by atoms with Crippen LogP contribution >= 0.6 is 0 Å². The van der Waals surface area contributed by atoms with Crippen LogP contribution in [0.3, 0.4) is 0 Å². The summed E-state index contributed by atoms with van der Waals surface area (Å²) >= 11 is 0. The normalized spacial score (nSPS) is 18.7. The monoisotopic (exact) mass is 282 g/mol. The third kappa shape index (κ3) is 3.16. The summed E-state index contributed by atoms with van der Waals surface area (Å²) < 4.78 is 27.7. The second-order valence-electron chi connectivity index (χ2n) is 5.67. The van der Waals surface area contributed by atoms with Crippen molar-refractivity contribution < 1.29 is 8.42 Å². The van der Waals surface area contributed by atoms with Crippen LogP contribution in [0, 0.1) is 6.92 Å². The van der Waals surface area contributed by atoms with E-state index in [2.05, 4.69) is 4.72 Å². The van der Waals surface area contributed by atoms with Gasteiger partial charge >= 0.3 is 0 Å². The van der Waals surface area contributed by atoms with Crippen LogP contribution in [-0.4, -0.2) is 14.0 Å². The van der Waals surface area contributed by atoms with E-state index in [-0.39, 0.29) is 5.54 Å². The zero-order chi connectivity index (χ0) is 14.1. The maximum atomic E-state index is 12.4. The van der Waals surface area contributed by atoms with Gasteiger partial charge in [-0.05, 0) is 49.9 Å². The van der Waals surface area contributed by atoms with E-state index in [4.69, 9.17) is 5.73 Å². The minimum absolute atomic E-state index is 0.299. The largest absolute Gasteiger partial charge is 0.326 e. The van der Waals surface area contributed by atoms with E-state index in [1.165, 1.54) is 0 Å². The highest BCUT2D eigenvalue weighted by Crippen LogP contribution is 2.30. The summed E-state index contributed by atoms with van der Waals surface area (Å²) in [5, 5.41) is 0. The lowest BCUT2D eigenvalue weighted by Crippen LogP contribution is -2.43. The van der Waals surface area contributed by atoms with Crippen LogP contribution in [0.5, 0.6) is 0 Å². The second-order valence-corrected chi connectivity index (χ2v) is 7.35. The zero-order valence-electron chi connectivity index (χ0n) is 11.6. The Morgan fingerprint density at radius 3 is 2.53 bits per heavy atom. The molecule has 1 saturated carbocycles. The molecule has 0 bridgehead atoms. The van der Waals surface area contributed by atoms with E-state index < -0.39 is 10.0 Å². The van der Waals surface area contributed by atoms with Crippen molar-refractivity contribution in [1.29, 1.82) is 0 Å². The highest BCUT2D eigenvalue weighted by atomic mass is 32.2. The molecule has 19 heavy (non-hydrogen) atoms. The number of nitrogens with two attached hydrogens (primary N) is 1. The van der Waals surface area contributed by atoms with Crippen LogP contribution in [0.15, 0.2) is 23.1 Å². The van der Waals surface area contributed by atoms with E-state index in [1.807, 2.05) is 19.9 Å². The molecule has 2 rings (SSSR count). The molecule has 3 N–H and O–H groups in total. The van der Waals surface area contributed by atoms with Gasteiger partial charge in [0.2, 0.25) is 10.0 Å². The van der Waals surface area contributed by atoms with Gasteiger partial charge in [-0.1, -0.05) is 18.9 Å². The lowest BCUT2D eigenvalue weighted by atomic mass is 10.0. The first kappa shape index (κ1) is 14.5. The van der Waals surface area contributed by atoms with Crippen LogP contribution in [0.4, 0.5) is 0 Å². The lowest BCUT2D eigenvalue weighted by Gasteiger charge is -2.25. The van der Waals surface area contributed by atoms with Crippen molar-refractivity contribution >= 4 is 10.0 Å². The van der Waals surface area contributed by atoms with Crippen LogP contribution in [-0.2, 0) is 16.6 Å². The van der Waals surface area contributed by atoms with E-state index >= 15 is 0 Å². The Morgan fingerprint density at radius 2 is 1.95 bits per heavy atom. The van der Waals surface area contributed by atoms with E-state index in [9.17, 15) is 8.42 Å². The molecule has 0 unspecified atom stereocenters. The molecule has 106 valence electrons. The summed E-state index contributed by atoms with van der Waals surface area (Å²) in [5.74, 6) is 0. The predicted molar refractivity (Wildman–Crippen MR) is 76.3 cm³/mol. The molecule has 1 aromatic carbocycles. The Hall–Kier alpha value is -0.910. The van der Waals surface area contributed by atoms with Crippen LogP contribution in [0.2, 0.25) is 0 Å². The Kier molecular flexibility index (Phi) is 3.99. The lowest BCUT2D eigenvalue weighted by molar-refractivity contribution is 0.427. The number of sulfonamides is 1. The molecule has 1 aromatic rings. The number of hydrogen-bond acceptors (Lipinski definition) is 3. The second kappa shape index (κ2) is 5.23. The van der Waals surface area contributed by atoms with Crippen molar-refractivity contribution in [3.05, 3.63) is 29.3 Å². The molecule has 1 aliphatic rings. The molecule has 0 saturated heterocycles. The molecule has 0 atom stereocenters. The summed E-state index contributed by atoms with van der Waals surface area (Å²) in [6.45, 7) is 4.27. The van der Waals surface area contributed by atoms with Gasteiger partial charge in [0.05, 0.1) is 4.90 Å². The molecule has 1 fully saturated rings. The average molecular weight is 282 g/mol. The standard InChI is InChI=1S/C14H22N2O2S/c1-11-5-6-13(9-12(11)10-15)19(17,18)16-14(2)7-3-4-8-14/h5-6,9,16H,3-4,7-8,10,15H2,1-2H3. The topological polar surface area (TPSA) is 72.2 Å². The molecule has 1 aliphatic carbocycles. The first-order valence-electron chi connectivity index (χ1n) is 6.70. The van der Waals surface area contributed by atoms with Gasteiger partial charge in [0.1, 0.15) is 0 Å². The summed E-state index contributed by atoms with van der Waals surface area (Å²) in [6, 6.07) is 5.14. The first-order valence-corrected chi connectivity index (χ1v) is 8.18. The van der Waals surface area contributed by atoms with E-state index in [0.29, 0.717) is 11.4 Å². The Bertz CT molecular complexity index is 561. The van der Waals surface area contributed by atoms with Crippen molar-refractivity contribution in [3.63, 3.8) is 0 Å². The van der Waals surface area contributed by atoms with Crippen LogP contribution in [0.1, 0.15) is 43.7 Å². The summed E-state index contributed by atoms with van der Waals surface area (Å²) in [7, 11) is -3.46. The SMILES string of the molecule is Cc1ccc(S(=O)(=O)NC2(C)CCCC2)cc1CN. The molecule has 0 aliphatic heterocycles. The molecule has 0 heterocycles. The molecule has 0 radical (unpaired) electrons. The first-order chi connectivity index (χ1) is 8.86. The van der Waals surface area contributed by atoms with Crippen molar-refractivity contribution in [2.45, 2.75) is 56.5 Å². The maximum absolute atomic E-state index is 12.4. The van der Waals surface area contributed by atoms with Crippen molar-refractivity contribution in [1.82, 2.24) is 4.72 Å². The van der Waals surface area contributed by atoms with Crippen molar-refractivity contribution in [2.75, 3.05) is 0 Å². The smallest absolute Gasteiger partial charge is 0.241 e. The number of aryl methyl sites for hydroxylation is 1. The summed E-state index contributed by atoms with van der Waals surface area (Å²) in [4.78, 5) is 0.312. The van der Waals surface area contributed by atoms with Crippen molar-refractivity contribution in [2.24, 2.45) is 5.73 Å². The summed E-state index contributed by atoms with van der Waals surface area (Å²) in [6.07, 6.45) is 3.98. The third-order valence-corrected chi connectivity index (χ3v) is 5.57. The molecule has 0 amide bonds. The molecule has 4 nitrogen and oxygen atoms in total. The van der Waals surface area contributed by atoms with Gasteiger partial charge in [-0.25, -0.2) is 13.1 Å². The highest BCUT2D eigenvalue weighted by Gasteiger charge is 2.33. The molecule has 0 spiro atoms. The van der Waals surface area contributed by atoms with Gasteiger partial charge in [0, 0.05) is 12.1 Å². The van der Waals surface area contributed by atoms with Gasteiger partial charge < -0.3 is 5.73 Å².